The molecule has 0 radical (unpaired) electrons. The first-order valence-corrected chi connectivity index (χ1v) is 3.70. The average molecular weight is 142 g/mol. The van der Waals surface area contributed by atoms with Gasteiger partial charge in [-0.15, -0.1) is 0 Å². The van der Waals surface area contributed by atoms with Gasteiger partial charge in [-0.3, -0.25) is 0 Å². The minimum atomic E-state index is 0.159. The molecule has 0 saturated carbocycles. The smallest absolute Gasteiger partial charge is 0.122 e. The van der Waals surface area contributed by atoms with Gasteiger partial charge in [0.15, 0.2) is 0 Å². The molecule has 2 heteroatoms. The molecular formula is C8H14O2. The third kappa shape index (κ3) is 5.48. The van der Waals surface area contributed by atoms with E-state index in [1.165, 1.54) is 0 Å². The quantitative estimate of drug-likeness (QED) is 0.417. The Morgan fingerprint density at radius 2 is 2.00 bits per heavy atom. The highest BCUT2D eigenvalue weighted by atomic mass is 16.1. The van der Waals surface area contributed by atoms with E-state index in [9.17, 15) is 9.59 Å². The van der Waals surface area contributed by atoms with Crippen molar-refractivity contribution in [2.75, 3.05) is 0 Å². The molecule has 0 N–H and O–H groups in total. The Morgan fingerprint density at radius 1 is 1.30 bits per heavy atom. The van der Waals surface area contributed by atoms with E-state index in [0.29, 0.717) is 6.42 Å². The number of rotatable bonds is 6. The highest BCUT2D eigenvalue weighted by Gasteiger charge is 1.97. The molecule has 2 nitrogen and oxygen atoms in total. The highest BCUT2D eigenvalue weighted by molar-refractivity contribution is 5.52. The van der Waals surface area contributed by atoms with E-state index >= 15 is 0 Å². The standard InChI is InChI=1S/C8H14O2/c1-8(7-10)5-3-2-4-6-9/h6-8H,2-5H2,1H3. The van der Waals surface area contributed by atoms with Crippen LogP contribution in [0.5, 0.6) is 0 Å². The lowest BCUT2D eigenvalue weighted by atomic mass is 10.1. The van der Waals surface area contributed by atoms with Gasteiger partial charge in [-0.1, -0.05) is 13.3 Å². The molecule has 1 atom stereocenters. The summed E-state index contributed by atoms with van der Waals surface area (Å²) >= 11 is 0. The lowest BCUT2D eigenvalue weighted by Crippen LogP contribution is -1.94. The number of carbonyl (C=O) groups is 2. The van der Waals surface area contributed by atoms with E-state index in [4.69, 9.17) is 0 Å². The first kappa shape index (κ1) is 9.34. The van der Waals surface area contributed by atoms with Gasteiger partial charge in [-0.05, 0) is 12.8 Å². The van der Waals surface area contributed by atoms with Gasteiger partial charge in [-0.25, -0.2) is 0 Å². The summed E-state index contributed by atoms with van der Waals surface area (Å²) in [5, 5.41) is 0. The van der Waals surface area contributed by atoms with Gasteiger partial charge in [0, 0.05) is 12.3 Å². The summed E-state index contributed by atoms with van der Waals surface area (Å²) in [6.07, 6.45) is 5.33. The maximum absolute atomic E-state index is 10.1. The van der Waals surface area contributed by atoms with Crippen molar-refractivity contribution in [1.82, 2.24) is 0 Å². The summed E-state index contributed by atoms with van der Waals surface area (Å²) in [7, 11) is 0. The molecule has 0 aliphatic carbocycles. The fourth-order valence-corrected chi connectivity index (χ4v) is 0.762. The third-order valence-corrected chi connectivity index (χ3v) is 1.46. The van der Waals surface area contributed by atoms with Crippen LogP contribution in [-0.4, -0.2) is 12.6 Å². The second-order valence-electron chi connectivity index (χ2n) is 2.56. The monoisotopic (exact) mass is 142 g/mol. The van der Waals surface area contributed by atoms with Crippen LogP contribution in [0.2, 0.25) is 0 Å². The van der Waals surface area contributed by atoms with E-state index in [2.05, 4.69) is 0 Å². The average Bonchev–Trinajstić information content (AvgIpc) is 1.98. The van der Waals surface area contributed by atoms with E-state index in [-0.39, 0.29) is 5.92 Å². The Bertz CT molecular complexity index is 99.4. The van der Waals surface area contributed by atoms with Crippen molar-refractivity contribution in [3.63, 3.8) is 0 Å². The zero-order chi connectivity index (χ0) is 7.82. The summed E-state index contributed by atoms with van der Waals surface area (Å²) in [6.45, 7) is 1.90. The van der Waals surface area contributed by atoms with E-state index in [0.717, 1.165) is 31.8 Å². The Labute approximate surface area is 61.6 Å². The summed E-state index contributed by atoms with van der Waals surface area (Å²) in [4.78, 5) is 19.9. The summed E-state index contributed by atoms with van der Waals surface area (Å²) in [6, 6.07) is 0. The molecule has 0 aliphatic rings. The molecule has 0 aromatic rings. The van der Waals surface area contributed by atoms with Gasteiger partial charge in [0.05, 0.1) is 0 Å². The summed E-state index contributed by atoms with van der Waals surface area (Å²) in [5.41, 5.74) is 0. The van der Waals surface area contributed by atoms with Crippen molar-refractivity contribution in [3.05, 3.63) is 0 Å². The molecule has 0 spiro atoms. The van der Waals surface area contributed by atoms with Crippen LogP contribution in [0, 0.1) is 5.92 Å². The molecule has 1 unspecified atom stereocenters. The van der Waals surface area contributed by atoms with E-state index in [1.807, 2.05) is 6.92 Å². The van der Waals surface area contributed by atoms with Crippen molar-refractivity contribution < 1.29 is 9.59 Å². The molecule has 0 aromatic carbocycles. The lowest BCUT2D eigenvalue weighted by Gasteiger charge is -1.99. The van der Waals surface area contributed by atoms with Crippen LogP contribution in [-0.2, 0) is 9.59 Å². The number of aldehydes is 2. The van der Waals surface area contributed by atoms with Crippen LogP contribution in [0.3, 0.4) is 0 Å². The van der Waals surface area contributed by atoms with Crippen LogP contribution in [0.15, 0.2) is 0 Å². The second kappa shape index (κ2) is 6.46. The maximum atomic E-state index is 10.1. The van der Waals surface area contributed by atoms with Crippen molar-refractivity contribution in [2.45, 2.75) is 32.6 Å². The van der Waals surface area contributed by atoms with Gasteiger partial charge in [0.2, 0.25) is 0 Å². The van der Waals surface area contributed by atoms with E-state index < -0.39 is 0 Å². The second-order valence-corrected chi connectivity index (χ2v) is 2.56. The zero-order valence-electron chi connectivity index (χ0n) is 6.38. The molecule has 0 saturated heterocycles. The third-order valence-electron chi connectivity index (χ3n) is 1.46. The SMILES string of the molecule is CC(C=O)CCCCC=O. The number of hydrogen-bond donors (Lipinski definition) is 0. The van der Waals surface area contributed by atoms with Crippen molar-refractivity contribution in [1.29, 1.82) is 0 Å². The Hall–Kier alpha value is -0.660. The molecule has 10 heavy (non-hydrogen) atoms. The molecule has 0 rings (SSSR count). The van der Waals surface area contributed by atoms with Crippen molar-refractivity contribution >= 4 is 12.6 Å². The molecule has 0 fully saturated rings. The predicted molar refractivity (Wildman–Crippen MR) is 39.8 cm³/mol. The Morgan fingerprint density at radius 3 is 2.50 bits per heavy atom. The summed E-state index contributed by atoms with van der Waals surface area (Å²) in [5.74, 6) is 0.159. The molecule has 0 aliphatic heterocycles. The van der Waals surface area contributed by atoms with Crippen LogP contribution in [0.1, 0.15) is 32.6 Å². The van der Waals surface area contributed by atoms with Crippen LogP contribution in [0.25, 0.3) is 0 Å². The lowest BCUT2D eigenvalue weighted by molar-refractivity contribution is -0.110. The first-order valence-electron chi connectivity index (χ1n) is 3.70. The zero-order valence-corrected chi connectivity index (χ0v) is 6.38. The van der Waals surface area contributed by atoms with Gasteiger partial charge >= 0.3 is 0 Å². The molecule has 58 valence electrons. The van der Waals surface area contributed by atoms with Crippen LogP contribution >= 0.6 is 0 Å². The highest BCUT2D eigenvalue weighted by Crippen LogP contribution is 2.05. The Balaban J connectivity index is 3.02. The molecule has 0 bridgehead atoms. The fourth-order valence-electron chi connectivity index (χ4n) is 0.762. The molecule has 0 aromatic heterocycles. The van der Waals surface area contributed by atoms with Crippen LogP contribution in [0.4, 0.5) is 0 Å². The normalized spacial score (nSPS) is 12.5. The van der Waals surface area contributed by atoms with Gasteiger partial charge in [-0.2, -0.15) is 0 Å². The van der Waals surface area contributed by atoms with E-state index in [1.54, 1.807) is 0 Å². The van der Waals surface area contributed by atoms with Crippen molar-refractivity contribution in [2.24, 2.45) is 5.92 Å². The number of hydrogen-bond acceptors (Lipinski definition) is 2. The molecular weight excluding hydrogens is 128 g/mol. The van der Waals surface area contributed by atoms with Gasteiger partial charge in [0.25, 0.3) is 0 Å². The molecule has 0 amide bonds. The Kier molecular flexibility index (Phi) is 6.03. The van der Waals surface area contributed by atoms with Crippen LogP contribution < -0.4 is 0 Å². The number of carbonyl (C=O) groups excluding carboxylic acids is 2. The fraction of sp³-hybridized carbons (Fsp3) is 0.750. The van der Waals surface area contributed by atoms with Crippen molar-refractivity contribution in [3.8, 4) is 0 Å². The first-order chi connectivity index (χ1) is 4.81. The van der Waals surface area contributed by atoms with Gasteiger partial charge < -0.3 is 9.59 Å². The summed E-state index contributed by atoms with van der Waals surface area (Å²) < 4.78 is 0. The predicted octanol–water partition coefficient (Wildman–Crippen LogP) is 1.58. The minimum absolute atomic E-state index is 0.159. The largest absolute Gasteiger partial charge is 0.303 e. The molecule has 0 heterocycles. The minimum Gasteiger partial charge on any atom is -0.303 e. The topological polar surface area (TPSA) is 34.1 Å². The van der Waals surface area contributed by atoms with Gasteiger partial charge in [0.1, 0.15) is 12.6 Å². The maximum Gasteiger partial charge on any atom is 0.122 e. The number of unbranched alkanes of at least 4 members (excludes halogenated alkanes) is 2.